The molecule has 2 amide bonds. The van der Waals surface area contributed by atoms with Gasteiger partial charge >= 0.3 is 6.36 Å². The Bertz CT molecular complexity index is 1260. The molecule has 0 spiro atoms. The van der Waals surface area contributed by atoms with Crippen LogP contribution in [0.15, 0.2) is 36.4 Å². The molecule has 2 fully saturated rings. The van der Waals surface area contributed by atoms with Crippen molar-refractivity contribution < 1.29 is 31.9 Å². The Hall–Kier alpha value is -3.70. The van der Waals surface area contributed by atoms with Crippen LogP contribution in [0.2, 0.25) is 0 Å². The Morgan fingerprint density at radius 2 is 1.74 bits per heavy atom. The van der Waals surface area contributed by atoms with Crippen LogP contribution in [0.4, 0.5) is 17.6 Å². The molecule has 2 aliphatic rings. The summed E-state index contributed by atoms with van der Waals surface area (Å²) in [6, 6.07) is 8.38. The number of aryl methyl sites for hydroxylation is 1. The molecule has 0 unspecified atom stereocenters. The second-order valence-corrected chi connectivity index (χ2v) is 8.89. The van der Waals surface area contributed by atoms with Crippen molar-refractivity contribution in [3.8, 4) is 5.75 Å². The second-order valence-electron chi connectivity index (χ2n) is 8.89. The van der Waals surface area contributed by atoms with Gasteiger partial charge in [0.2, 0.25) is 5.91 Å². The number of nitrogens with one attached hydrogen (secondary N) is 1. The molecule has 2 saturated heterocycles. The van der Waals surface area contributed by atoms with Crippen LogP contribution in [-0.2, 0) is 11.2 Å². The molecule has 2 aromatic carbocycles. The van der Waals surface area contributed by atoms with Gasteiger partial charge in [-0.1, -0.05) is 11.3 Å². The number of carbonyl (C=O) groups is 2. The maximum Gasteiger partial charge on any atom is 0.573 e. The molecule has 0 bridgehead atoms. The van der Waals surface area contributed by atoms with Crippen molar-refractivity contribution in [2.24, 2.45) is 11.8 Å². The van der Waals surface area contributed by atoms with Crippen molar-refractivity contribution in [2.45, 2.75) is 19.2 Å². The van der Waals surface area contributed by atoms with Crippen molar-refractivity contribution in [3.05, 3.63) is 53.3 Å². The summed E-state index contributed by atoms with van der Waals surface area (Å²) in [7, 11) is 0. The number of nitrogens with zero attached hydrogens (tertiary/aromatic N) is 4. The van der Waals surface area contributed by atoms with Crippen LogP contribution in [0.5, 0.6) is 5.75 Å². The van der Waals surface area contributed by atoms with Crippen molar-refractivity contribution in [2.75, 3.05) is 26.2 Å². The van der Waals surface area contributed by atoms with Crippen LogP contribution in [-0.4, -0.2) is 69.6 Å². The molecule has 184 valence electrons. The lowest BCUT2D eigenvalue weighted by atomic mass is 10.0. The van der Waals surface area contributed by atoms with E-state index in [2.05, 4.69) is 20.1 Å². The van der Waals surface area contributed by atoms with Crippen molar-refractivity contribution >= 4 is 22.8 Å². The van der Waals surface area contributed by atoms with E-state index < -0.39 is 17.9 Å². The lowest BCUT2D eigenvalue weighted by Crippen LogP contribution is -2.35. The molecule has 8 nitrogen and oxygen atoms in total. The number of amides is 2. The summed E-state index contributed by atoms with van der Waals surface area (Å²) in [5.74, 6) is -1.87. The highest BCUT2D eigenvalue weighted by Crippen LogP contribution is 2.33. The van der Waals surface area contributed by atoms with Gasteiger partial charge in [-0.25, -0.2) is 4.39 Å². The molecule has 1 aromatic heterocycles. The predicted octanol–water partition coefficient (Wildman–Crippen LogP) is 3.16. The fourth-order valence-electron chi connectivity index (χ4n) is 4.84. The van der Waals surface area contributed by atoms with Crippen molar-refractivity contribution in [1.29, 1.82) is 0 Å². The van der Waals surface area contributed by atoms with Gasteiger partial charge in [0.05, 0.1) is 5.52 Å². The number of aromatic amines is 1. The molecule has 0 aliphatic carbocycles. The number of halogens is 4. The van der Waals surface area contributed by atoms with E-state index in [-0.39, 0.29) is 36.5 Å². The predicted molar refractivity (Wildman–Crippen MR) is 115 cm³/mol. The van der Waals surface area contributed by atoms with E-state index in [1.807, 2.05) is 0 Å². The number of rotatable bonds is 5. The molecule has 12 heteroatoms. The maximum absolute atomic E-state index is 13.9. The molecule has 5 rings (SSSR count). The summed E-state index contributed by atoms with van der Waals surface area (Å²) in [5.41, 5.74) is 2.32. The van der Waals surface area contributed by atoms with Crippen molar-refractivity contribution in [3.63, 3.8) is 0 Å². The summed E-state index contributed by atoms with van der Waals surface area (Å²) in [4.78, 5) is 29.2. The average molecular weight is 491 g/mol. The molecule has 3 aromatic rings. The van der Waals surface area contributed by atoms with Crippen LogP contribution < -0.4 is 4.74 Å². The van der Waals surface area contributed by atoms with Crippen LogP contribution in [0.25, 0.3) is 11.0 Å². The smallest absolute Gasteiger partial charge is 0.403 e. The Morgan fingerprint density at radius 1 is 1.03 bits per heavy atom. The lowest BCUT2D eigenvalue weighted by molar-refractivity contribution is -0.275. The fraction of sp³-hybridized carbons (Fsp3) is 0.391. The molecule has 0 saturated carbocycles. The normalized spacial score (nSPS) is 19.9. The van der Waals surface area contributed by atoms with Crippen LogP contribution in [0.3, 0.4) is 0 Å². The molecule has 0 radical (unpaired) electrons. The quantitative estimate of drug-likeness (QED) is 0.554. The van der Waals surface area contributed by atoms with E-state index in [4.69, 9.17) is 0 Å². The van der Waals surface area contributed by atoms with Gasteiger partial charge in [0.1, 0.15) is 5.52 Å². The standard InChI is InChI=1S/C23H21F4N5O3/c24-17-7-13(1-5-20(17)35-23(25,26)27)2-6-21(33)31-9-15-11-32(12-16(15)10-31)22(34)14-3-4-18-19(8-14)29-30-28-18/h1,3-5,7-8,15-16H,2,6,9-12H2,(H,28,29,30)/t15-,16-/m1/s1. The monoisotopic (exact) mass is 491 g/mol. The summed E-state index contributed by atoms with van der Waals surface area (Å²) in [6.45, 7) is 2.16. The molecule has 2 aliphatic heterocycles. The first-order valence-corrected chi connectivity index (χ1v) is 11.1. The Morgan fingerprint density at radius 3 is 2.43 bits per heavy atom. The molecule has 2 atom stereocenters. The Balaban J connectivity index is 1.13. The SMILES string of the molecule is O=C(CCc1ccc(OC(F)(F)F)c(F)c1)N1C[C@@H]2CN(C(=O)c3ccc4[nH]nnc4c3)C[C@H]2C1. The minimum Gasteiger partial charge on any atom is -0.403 e. The second kappa shape index (κ2) is 8.82. The van der Waals surface area contributed by atoms with E-state index >= 15 is 0 Å². The maximum atomic E-state index is 13.9. The molecule has 1 N–H and O–H groups in total. The number of aromatic nitrogens is 3. The summed E-state index contributed by atoms with van der Waals surface area (Å²) < 4.78 is 54.3. The van der Waals surface area contributed by atoms with E-state index in [0.717, 1.165) is 17.6 Å². The number of benzene rings is 2. The molecular weight excluding hydrogens is 470 g/mol. The van der Waals surface area contributed by atoms with Gasteiger partial charge in [0.15, 0.2) is 11.6 Å². The summed E-state index contributed by atoms with van der Waals surface area (Å²) in [5, 5.41) is 10.4. The van der Waals surface area contributed by atoms with E-state index in [0.29, 0.717) is 42.8 Å². The minimum atomic E-state index is -4.98. The first-order valence-electron chi connectivity index (χ1n) is 11.1. The van der Waals surface area contributed by atoms with Crippen LogP contribution in [0, 0.1) is 17.7 Å². The van der Waals surface area contributed by atoms with Gasteiger partial charge in [-0.05, 0) is 42.3 Å². The van der Waals surface area contributed by atoms with Crippen molar-refractivity contribution in [1.82, 2.24) is 25.2 Å². The molecular formula is C23H21F4N5O3. The highest BCUT2D eigenvalue weighted by molar-refractivity contribution is 5.97. The number of likely N-dealkylation sites (tertiary alicyclic amines) is 2. The van der Waals surface area contributed by atoms with E-state index in [1.54, 1.807) is 28.0 Å². The van der Waals surface area contributed by atoms with Gasteiger partial charge in [-0.3, -0.25) is 14.7 Å². The average Bonchev–Trinajstić information content (AvgIpc) is 3.52. The number of carbonyl (C=O) groups excluding carboxylic acids is 2. The number of hydrogen-bond acceptors (Lipinski definition) is 5. The first-order chi connectivity index (χ1) is 16.7. The zero-order chi connectivity index (χ0) is 24.7. The number of ether oxygens (including phenoxy) is 1. The number of H-pyrrole nitrogens is 1. The highest BCUT2D eigenvalue weighted by Gasteiger charge is 2.43. The third kappa shape index (κ3) is 4.91. The van der Waals surface area contributed by atoms with Gasteiger partial charge in [0.25, 0.3) is 5.91 Å². The van der Waals surface area contributed by atoms with Gasteiger partial charge in [-0.2, -0.15) is 0 Å². The zero-order valence-electron chi connectivity index (χ0n) is 18.4. The summed E-state index contributed by atoms with van der Waals surface area (Å²) >= 11 is 0. The van der Waals surface area contributed by atoms with Gasteiger partial charge < -0.3 is 14.5 Å². The topological polar surface area (TPSA) is 91.4 Å². The third-order valence-corrected chi connectivity index (χ3v) is 6.55. The van der Waals surface area contributed by atoms with Gasteiger partial charge in [-0.15, -0.1) is 18.3 Å². The van der Waals surface area contributed by atoms with Gasteiger partial charge in [0, 0.05) is 50.0 Å². The minimum absolute atomic E-state index is 0.0813. The number of fused-ring (bicyclic) bond motifs is 2. The fourth-order valence-corrected chi connectivity index (χ4v) is 4.84. The number of hydrogen-bond donors (Lipinski definition) is 1. The third-order valence-electron chi connectivity index (χ3n) is 6.55. The Labute approximate surface area is 196 Å². The highest BCUT2D eigenvalue weighted by atomic mass is 19.4. The number of alkyl halides is 3. The van der Waals surface area contributed by atoms with Crippen LogP contribution >= 0.6 is 0 Å². The van der Waals surface area contributed by atoms with Crippen LogP contribution in [0.1, 0.15) is 22.3 Å². The van der Waals surface area contributed by atoms with E-state index in [1.165, 1.54) is 6.07 Å². The van der Waals surface area contributed by atoms with E-state index in [9.17, 15) is 27.2 Å². The Kier molecular flexibility index (Phi) is 5.81. The largest absolute Gasteiger partial charge is 0.573 e. The molecule has 3 heterocycles. The summed E-state index contributed by atoms with van der Waals surface area (Å²) in [6.07, 6.45) is -4.67. The first kappa shape index (κ1) is 23.1. The zero-order valence-corrected chi connectivity index (χ0v) is 18.4. The molecule has 35 heavy (non-hydrogen) atoms. The lowest BCUT2D eigenvalue weighted by Gasteiger charge is -2.22.